The fourth-order valence-corrected chi connectivity index (χ4v) is 4.80. The van der Waals surface area contributed by atoms with Gasteiger partial charge in [0.15, 0.2) is 0 Å². The Bertz CT molecular complexity index is 1570. The SMILES string of the molecule is Cc1cc(C)cc(-n2c(-c3ccccc3)cn3c(-c4ccccc4)c(-c4ccccc4)nc23)c1. The lowest BCUT2D eigenvalue weighted by Crippen LogP contribution is -1.99. The first kappa shape index (κ1) is 20.3. The van der Waals surface area contributed by atoms with Crippen molar-refractivity contribution in [3.63, 3.8) is 0 Å². The maximum atomic E-state index is 5.27. The Hall–Kier alpha value is -4.37. The van der Waals surface area contributed by atoms with E-state index in [0.29, 0.717) is 0 Å². The Morgan fingerprint density at radius 3 is 1.71 bits per heavy atom. The summed E-state index contributed by atoms with van der Waals surface area (Å²) in [5, 5.41) is 0. The van der Waals surface area contributed by atoms with Crippen molar-refractivity contribution >= 4 is 5.78 Å². The maximum absolute atomic E-state index is 5.27. The van der Waals surface area contributed by atoms with Crippen LogP contribution in [0.15, 0.2) is 115 Å². The van der Waals surface area contributed by atoms with Crippen molar-refractivity contribution < 1.29 is 0 Å². The minimum absolute atomic E-state index is 0.904. The normalized spacial score (nSPS) is 11.2. The molecule has 2 aromatic heterocycles. The molecule has 0 aliphatic carbocycles. The summed E-state index contributed by atoms with van der Waals surface area (Å²) in [6.45, 7) is 4.30. The first-order valence-electron chi connectivity index (χ1n) is 11.6. The third kappa shape index (κ3) is 3.43. The Balaban J connectivity index is 1.74. The summed E-state index contributed by atoms with van der Waals surface area (Å²) in [6.07, 6.45) is 2.23. The first-order valence-corrected chi connectivity index (χ1v) is 11.6. The van der Waals surface area contributed by atoms with Gasteiger partial charge in [-0.25, -0.2) is 4.98 Å². The topological polar surface area (TPSA) is 22.2 Å². The van der Waals surface area contributed by atoms with Crippen LogP contribution in [0.1, 0.15) is 11.1 Å². The van der Waals surface area contributed by atoms with Gasteiger partial charge in [-0.05, 0) is 37.1 Å². The fourth-order valence-electron chi connectivity index (χ4n) is 4.80. The van der Waals surface area contributed by atoms with Crippen LogP contribution in [0.3, 0.4) is 0 Å². The van der Waals surface area contributed by atoms with Crippen molar-refractivity contribution in [3.8, 4) is 39.5 Å². The smallest absolute Gasteiger partial charge is 0.220 e. The van der Waals surface area contributed by atoms with Crippen molar-refractivity contribution in [3.05, 3.63) is 127 Å². The summed E-state index contributed by atoms with van der Waals surface area (Å²) in [7, 11) is 0. The quantitative estimate of drug-likeness (QED) is 0.275. The monoisotopic (exact) mass is 439 g/mol. The summed E-state index contributed by atoms with van der Waals surface area (Å²) >= 11 is 0. The number of fused-ring (bicyclic) bond motifs is 1. The molecular weight excluding hydrogens is 414 g/mol. The highest BCUT2D eigenvalue weighted by Gasteiger charge is 2.22. The van der Waals surface area contributed by atoms with Crippen LogP contribution in [0.4, 0.5) is 0 Å². The van der Waals surface area contributed by atoms with Crippen molar-refractivity contribution in [1.82, 2.24) is 14.0 Å². The minimum Gasteiger partial charge on any atom is -0.282 e. The second-order valence-electron chi connectivity index (χ2n) is 8.77. The van der Waals surface area contributed by atoms with Crippen LogP contribution in [0, 0.1) is 13.8 Å². The highest BCUT2D eigenvalue weighted by Crippen LogP contribution is 2.37. The van der Waals surface area contributed by atoms with Gasteiger partial charge >= 0.3 is 0 Å². The predicted octanol–water partition coefficient (Wildman–Crippen LogP) is 7.74. The second-order valence-corrected chi connectivity index (χ2v) is 8.77. The van der Waals surface area contributed by atoms with Gasteiger partial charge < -0.3 is 0 Å². The molecule has 0 amide bonds. The average Bonchev–Trinajstić information content (AvgIpc) is 3.41. The van der Waals surface area contributed by atoms with Gasteiger partial charge in [0.2, 0.25) is 5.78 Å². The van der Waals surface area contributed by atoms with E-state index in [9.17, 15) is 0 Å². The zero-order valence-corrected chi connectivity index (χ0v) is 19.3. The largest absolute Gasteiger partial charge is 0.282 e. The number of benzene rings is 4. The molecule has 0 bridgehead atoms. The van der Waals surface area contributed by atoms with Crippen LogP contribution in [0.5, 0.6) is 0 Å². The molecule has 34 heavy (non-hydrogen) atoms. The number of nitrogens with zero attached hydrogens (tertiary/aromatic N) is 3. The van der Waals surface area contributed by atoms with E-state index >= 15 is 0 Å². The molecule has 2 heterocycles. The number of rotatable bonds is 4. The van der Waals surface area contributed by atoms with Gasteiger partial charge in [-0.15, -0.1) is 0 Å². The number of aryl methyl sites for hydroxylation is 2. The van der Waals surface area contributed by atoms with Crippen LogP contribution in [0.25, 0.3) is 45.2 Å². The zero-order valence-electron chi connectivity index (χ0n) is 19.3. The Morgan fingerprint density at radius 1 is 0.588 bits per heavy atom. The van der Waals surface area contributed by atoms with Gasteiger partial charge in [0, 0.05) is 28.6 Å². The lowest BCUT2D eigenvalue weighted by molar-refractivity contribution is 1.07. The van der Waals surface area contributed by atoms with Crippen LogP contribution in [-0.2, 0) is 0 Å². The Morgan fingerprint density at radius 2 is 1.12 bits per heavy atom. The second kappa shape index (κ2) is 8.20. The van der Waals surface area contributed by atoms with Gasteiger partial charge in [-0.3, -0.25) is 8.97 Å². The highest BCUT2D eigenvalue weighted by molar-refractivity contribution is 5.83. The molecule has 3 nitrogen and oxygen atoms in total. The summed E-state index contributed by atoms with van der Waals surface area (Å²) in [5.41, 5.74) is 10.2. The van der Waals surface area contributed by atoms with Gasteiger partial charge in [0.25, 0.3) is 0 Å². The number of hydrogen-bond donors (Lipinski definition) is 0. The Labute approximate surface area is 199 Å². The van der Waals surface area contributed by atoms with E-state index < -0.39 is 0 Å². The predicted molar refractivity (Wildman–Crippen MR) is 140 cm³/mol. The van der Waals surface area contributed by atoms with E-state index in [4.69, 9.17) is 4.98 Å². The van der Waals surface area contributed by atoms with Gasteiger partial charge in [0.05, 0.1) is 17.1 Å². The van der Waals surface area contributed by atoms with E-state index in [0.717, 1.165) is 45.2 Å². The first-order chi connectivity index (χ1) is 16.7. The zero-order chi connectivity index (χ0) is 23.1. The van der Waals surface area contributed by atoms with Crippen molar-refractivity contribution in [2.24, 2.45) is 0 Å². The van der Waals surface area contributed by atoms with Crippen molar-refractivity contribution in [2.45, 2.75) is 13.8 Å². The van der Waals surface area contributed by atoms with E-state index in [-0.39, 0.29) is 0 Å². The van der Waals surface area contributed by atoms with Crippen LogP contribution in [0.2, 0.25) is 0 Å². The molecule has 0 aliphatic heterocycles. The van der Waals surface area contributed by atoms with Crippen LogP contribution in [-0.4, -0.2) is 14.0 Å². The Kier molecular flexibility index (Phi) is 4.88. The van der Waals surface area contributed by atoms with Gasteiger partial charge in [-0.1, -0.05) is 97.1 Å². The summed E-state index contributed by atoms with van der Waals surface area (Å²) in [4.78, 5) is 5.27. The number of imidazole rings is 2. The summed E-state index contributed by atoms with van der Waals surface area (Å²) in [5.74, 6) is 0.904. The van der Waals surface area contributed by atoms with Crippen molar-refractivity contribution in [1.29, 1.82) is 0 Å². The molecule has 3 heteroatoms. The van der Waals surface area contributed by atoms with Gasteiger partial charge in [-0.2, -0.15) is 0 Å². The molecule has 164 valence electrons. The van der Waals surface area contributed by atoms with Crippen LogP contribution < -0.4 is 0 Å². The van der Waals surface area contributed by atoms with E-state index in [2.05, 4.69) is 132 Å². The third-order valence-corrected chi connectivity index (χ3v) is 6.21. The molecule has 0 atom stereocenters. The molecule has 0 aliphatic rings. The van der Waals surface area contributed by atoms with E-state index in [1.807, 2.05) is 6.07 Å². The number of aromatic nitrogens is 3. The van der Waals surface area contributed by atoms with E-state index in [1.165, 1.54) is 11.1 Å². The third-order valence-electron chi connectivity index (χ3n) is 6.21. The molecular formula is C31H25N3. The molecule has 0 saturated carbocycles. The fraction of sp³-hybridized carbons (Fsp3) is 0.0645. The highest BCUT2D eigenvalue weighted by atomic mass is 15.2. The molecule has 0 saturated heterocycles. The molecule has 0 fully saturated rings. The molecule has 0 unspecified atom stereocenters. The van der Waals surface area contributed by atoms with Crippen LogP contribution >= 0.6 is 0 Å². The molecule has 4 aromatic carbocycles. The molecule has 0 radical (unpaired) electrons. The molecule has 0 spiro atoms. The lowest BCUT2D eigenvalue weighted by Gasteiger charge is -2.11. The van der Waals surface area contributed by atoms with E-state index in [1.54, 1.807) is 0 Å². The minimum atomic E-state index is 0.904. The molecule has 6 aromatic rings. The van der Waals surface area contributed by atoms with Crippen molar-refractivity contribution in [2.75, 3.05) is 0 Å². The average molecular weight is 440 g/mol. The molecule has 6 rings (SSSR count). The maximum Gasteiger partial charge on any atom is 0.220 e. The standard InChI is InChI=1S/C31H25N3/c1-22-18-23(2)20-27(19-22)34-28(24-12-6-3-7-13-24)21-33-30(26-16-10-5-11-17-26)29(32-31(33)34)25-14-8-4-9-15-25/h3-21H,1-2H3. The lowest BCUT2D eigenvalue weighted by atomic mass is 10.0. The molecule has 0 N–H and O–H groups in total. The summed E-state index contributed by atoms with van der Waals surface area (Å²) < 4.78 is 4.53. The van der Waals surface area contributed by atoms with Gasteiger partial charge in [0.1, 0.15) is 0 Å². The number of hydrogen-bond acceptors (Lipinski definition) is 1. The summed E-state index contributed by atoms with van der Waals surface area (Å²) in [6, 6.07) is 38.2.